The molecule has 116 valence electrons. The van der Waals surface area contributed by atoms with Gasteiger partial charge in [-0.25, -0.2) is 0 Å². The maximum atomic E-state index is 7.10. The molecule has 0 aliphatic heterocycles. The van der Waals surface area contributed by atoms with Gasteiger partial charge in [0.15, 0.2) is 0 Å². The molecule has 0 saturated heterocycles. The number of aryl methyl sites for hydroxylation is 1. The van der Waals surface area contributed by atoms with E-state index in [9.17, 15) is 0 Å². The minimum absolute atomic E-state index is 1.09. The van der Waals surface area contributed by atoms with Gasteiger partial charge >= 0.3 is 0 Å². The lowest BCUT2D eigenvalue weighted by Gasteiger charge is -2.05. The highest BCUT2D eigenvalue weighted by Crippen LogP contribution is 2.25. The average Bonchev–Trinajstić information content (AvgIpc) is 2.50. The number of terminal acetylenes is 1. The van der Waals surface area contributed by atoms with Crippen LogP contribution in [-0.4, -0.2) is 5.11 Å². The van der Waals surface area contributed by atoms with Gasteiger partial charge in [0.1, 0.15) is 6.11 Å². The zero-order valence-corrected chi connectivity index (χ0v) is 15.6. The van der Waals surface area contributed by atoms with Crippen molar-refractivity contribution < 1.29 is 5.11 Å². The summed E-state index contributed by atoms with van der Waals surface area (Å²) in [6.07, 6.45) is 8.70. The smallest absolute Gasteiger partial charge is 0.103 e. The molecule has 1 N–H and O–H groups in total. The van der Waals surface area contributed by atoms with E-state index in [-0.39, 0.29) is 0 Å². The minimum atomic E-state index is 1.09. The maximum absolute atomic E-state index is 7.10. The van der Waals surface area contributed by atoms with Crippen LogP contribution in [0.25, 0.3) is 5.57 Å². The van der Waals surface area contributed by atoms with Crippen LogP contribution in [0.2, 0.25) is 0 Å². The molecule has 0 radical (unpaired) electrons. The molecule has 0 aliphatic rings. The van der Waals surface area contributed by atoms with Gasteiger partial charge in [0.05, 0.1) is 0 Å². The van der Waals surface area contributed by atoms with Crippen molar-refractivity contribution >= 4 is 21.5 Å². The van der Waals surface area contributed by atoms with Crippen molar-refractivity contribution in [3.8, 4) is 12.5 Å². The summed E-state index contributed by atoms with van der Waals surface area (Å²) in [4.78, 5) is 0. The van der Waals surface area contributed by atoms with E-state index in [4.69, 9.17) is 5.11 Å². The summed E-state index contributed by atoms with van der Waals surface area (Å²) in [6, 6.07) is 8.63. The highest BCUT2D eigenvalue weighted by Gasteiger charge is 2.00. The van der Waals surface area contributed by atoms with Crippen LogP contribution < -0.4 is 0 Å². The molecule has 21 heavy (non-hydrogen) atoms. The summed E-state index contributed by atoms with van der Waals surface area (Å²) in [5.41, 5.74) is 5.25. The molecular weight excluding hydrogens is 324 g/mol. The predicted octanol–water partition coefficient (Wildman–Crippen LogP) is 6.45. The fourth-order valence-corrected chi connectivity index (χ4v) is 1.99. The van der Waals surface area contributed by atoms with Crippen LogP contribution in [0.4, 0.5) is 0 Å². The Morgan fingerprint density at radius 3 is 2.05 bits per heavy atom. The average molecular weight is 351 g/mol. The van der Waals surface area contributed by atoms with E-state index in [0.717, 1.165) is 6.42 Å². The largest absolute Gasteiger partial charge is 0.462 e. The zero-order valence-electron chi connectivity index (χ0n) is 14.0. The van der Waals surface area contributed by atoms with Crippen molar-refractivity contribution in [3.05, 3.63) is 51.5 Å². The topological polar surface area (TPSA) is 20.2 Å². The number of allylic oxidation sites excluding steroid dienone is 4. The second-order valence-electron chi connectivity index (χ2n) is 4.31. The van der Waals surface area contributed by atoms with Crippen molar-refractivity contribution in [2.75, 3.05) is 0 Å². The molecule has 0 aromatic heterocycles. The molecule has 0 bridgehead atoms. The Balaban J connectivity index is 0. The van der Waals surface area contributed by atoms with Crippen LogP contribution in [0.5, 0.6) is 0 Å². The number of benzene rings is 1. The fraction of sp³-hybridized carbons (Fsp3) is 0.368. The van der Waals surface area contributed by atoms with Gasteiger partial charge in [0.2, 0.25) is 0 Å². The number of rotatable bonds is 3. The monoisotopic (exact) mass is 350 g/mol. The summed E-state index contributed by atoms with van der Waals surface area (Å²) < 4.78 is 1.18. The second kappa shape index (κ2) is 13.5. The van der Waals surface area contributed by atoms with Crippen molar-refractivity contribution in [2.24, 2.45) is 0 Å². The molecule has 0 fully saturated rings. The lowest BCUT2D eigenvalue weighted by atomic mass is 10.0. The number of hydrogen-bond acceptors (Lipinski definition) is 1. The summed E-state index contributed by atoms with van der Waals surface area (Å²) >= 11 is 3.64. The number of aliphatic hydroxyl groups is 1. The van der Waals surface area contributed by atoms with Gasteiger partial charge in [-0.2, -0.15) is 0 Å². The Morgan fingerprint density at radius 2 is 1.67 bits per heavy atom. The quantitative estimate of drug-likeness (QED) is 0.490. The Labute approximate surface area is 138 Å². The van der Waals surface area contributed by atoms with Gasteiger partial charge < -0.3 is 5.11 Å². The van der Waals surface area contributed by atoms with E-state index in [1.165, 1.54) is 32.9 Å². The molecule has 1 rings (SSSR count). The predicted molar refractivity (Wildman–Crippen MR) is 98.9 cm³/mol. The van der Waals surface area contributed by atoms with E-state index in [2.05, 4.69) is 80.4 Å². The first-order valence-corrected chi connectivity index (χ1v) is 7.95. The Morgan fingerprint density at radius 1 is 1.24 bits per heavy atom. The maximum Gasteiger partial charge on any atom is 0.103 e. The van der Waals surface area contributed by atoms with Crippen molar-refractivity contribution in [1.29, 1.82) is 0 Å². The van der Waals surface area contributed by atoms with E-state index in [1.807, 2.05) is 13.8 Å². The van der Waals surface area contributed by atoms with Gasteiger partial charge in [-0.05, 0) is 44.4 Å². The third-order valence-corrected chi connectivity index (χ3v) is 3.60. The standard InChI is InChI=1S/C15H19Br.C2H2O.C2H6/c1-5-11(2)10-15(16)13(4)14-8-6-12(3)7-9-14;1-2-3;1-2/h6-10H,5H2,1-4H3;1,3H;1-2H3/b11-10+,15-13-;;. The van der Waals surface area contributed by atoms with Gasteiger partial charge in [0, 0.05) is 4.48 Å². The molecule has 0 heterocycles. The van der Waals surface area contributed by atoms with Gasteiger partial charge in [-0.15, -0.1) is 0 Å². The third-order valence-electron chi connectivity index (χ3n) is 2.77. The molecule has 0 spiro atoms. The van der Waals surface area contributed by atoms with Crippen LogP contribution in [0, 0.1) is 19.5 Å². The van der Waals surface area contributed by atoms with Gasteiger partial charge in [-0.1, -0.05) is 78.5 Å². The van der Waals surface area contributed by atoms with E-state index < -0.39 is 0 Å². The first kappa shape index (κ1) is 21.8. The summed E-state index contributed by atoms with van der Waals surface area (Å²) in [6.45, 7) is 12.6. The summed E-state index contributed by atoms with van der Waals surface area (Å²) in [7, 11) is 0. The zero-order chi connectivity index (χ0) is 16.8. The molecular formula is C19H27BrO. The lowest BCUT2D eigenvalue weighted by Crippen LogP contribution is -1.83. The van der Waals surface area contributed by atoms with Crippen molar-refractivity contribution in [3.63, 3.8) is 0 Å². The number of halogens is 1. The van der Waals surface area contributed by atoms with E-state index in [0.29, 0.717) is 0 Å². The molecule has 1 aromatic rings. The van der Waals surface area contributed by atoms with Crippen LogP contribution in [0.1, 0.15) is 52.2 Å². The van der Waals surface area contributed by atoms with Crippen LogP contribution >= 0.6 is 15.9 Å². The van der Waals surface area contributed by atoms with Crippen LogP contribution in [0.3, 0.4) is 0 Å². The summed E-state index contributed by atoms with van der Waals surface area (Å²) in [5, 5.41) is 7.10. The highest BCUT2D eigenvalue weighted by atomic mass is 79.9. The van der Waals surface area contributed by atoms with Gasteiger partial charge in [-0.3, -0.25) is 0 Å². The SMILES string of the molecule is C#CO.CC.CC/C(C)=C/C(Br)=C(\C)c1ccc(C)cc1. The molecule has 0 saturated carbocycles. The summed E-state index contributed by atoms with van der Waals surface area (Å²) in [5.74, 6) is 0. The first-order chi connectivity index (χ1) is 9.96. The first-order valence-electron chi connectivity index (χ1n) is 7.16. The van der Waals surface area contributed by atoms with Crippen LogP contribution in [0.15, 0.2) is 40.4 Å². The molecule has 0 amide bonds. The Kier molecular flexibility index (Phi) is 14.1. The highest BCUT2D eigenvalue weighted by molar-refractivity contribution is 9.12. The molecule has 1 aromatic carbocycles. The van der Waals surface area contributed by atoms with Crippen molar-refractivity contribution in [1.82, 2.24) is 0 Å². The van der Waals surface area contributed by atoms with E-state index in [1.54, 1.807) is 0 Å². The molecule has 0 unspecified atom stereocenters. The molecule has 1 nitrogen and oxygen atoms in total. The molecule has 0 atom stereocenters. The molecule has 2 heteroatoms. The van der Waals surface area contributed by atoms with E-state index >= 15 is 0 Å². The second-order valence-corrected chi connectivity index (χ2v) is 5.17. The minimum Gasteiger partial charge on any atom is -0.462 e. The third kappa shape index (κ3) is 9.98. The van der Waals surface area contributed by atoms with Crippen LogP contribution in [-0.2, 0) is 0 Å². The normalized spacial score (nSPS) is 11.0. The Bertz CT molecular complexity index is 487. The fourth-order valence-electron chi connectivity index (χ4n) is 1.37. The van der Waals surface area contributed by atoms with Gasteiger partial charge in [0.25, 0.3) is 0 Å². The number of aliphatic hydroxyl groups excluding tert-OH is 1. The van der Waals surface area contributed by atoms with Crippen molar-refractivity contribution in [2.45, 2.75) is 48.0 Å². The molecule has 0 aliphatic carbocycles. The lowest BCUT2D eigenvalue weighted by molar-refractivity contribution is 0.518. The number of hydrogen-bond donors (Lipinski definition) is 1. The Hall–Kier alpha value is -1.46.